The Bertz CT molecular complexity index is 677. The van der Waals surface area contributed by atoms with Gasteiger partial charge >= 0.3 is 0 Å². The molecule has 2 fully saturated rings. The van der Waals surface area contributed by atoms with Crippen molar-refractivity contribution in [2.75, 3.05) is 32.0 Å². The molecule has 1 N–H and O–H groups in total. The maximum atomic E-state index is 13.6. The van der Waals surface area contributed by atoms with Gasteiger partial charge in [-0.3, -0.25) is 9.59 Å². The number of carbonyl (C=O) groups excluding carboxylic acids is 2. The van der Waals surface area contributed by atoms with E-state index in [9.17, 15) is 9.59 Å². The van der Waals surface area contributed by atoms with Gasteiger partial charge in [0.1, 0.15) is 0 Å². The molecule has 0 unspecified atom stereocenters. The molecule has 3 rings (SSSR count). The topological polar surface area (TPSA) is 65.5 Å². The van der Waals surface area contributed by atoms with Crippen LogP contribution in [-0.2, 0) is 9.59 Å². The summed E-state index contributed by atoms with van der Waals surface area (Å²) in [7, 11) is 2.16. The molecule has 2 aliphatic rings. The molecule has 1 saturated heterocycles. The summed E-state index contributed by atoms with van der Waals surface area (Å²) in [6.45, 7) is 7.29. The van der Waals surface area contributed by atoms with Crippen LogP contribution in [0.2, 0.25) is 0 Å². The maximum absolute atomic E-state index is 13.6. The van der Waals surface area contributed by atoms with Gasteiger partial charge in [-0.1, -0.05) is 33.1 Å². The first-order chi connectivity index (χ1) is 14.4. The lowest BCUT2D eigenvalue weighted by Crippen LogP contribution is -2.49. The smallest absolute Gasteiger partial charge is 0.226 e. The predicted octanol–water partition coefficient (Wildman–Crippen LogP) is 4.39. The zero-order valence-corrected chi connectivity index (χ0v) is 19.7. The molecule has 0 atom stereocenters. The number of aromatic nitrogens is 1. The highest BCUT2D eigenvalue weighted by Gasteiger charge is 2.39. The van der Waals surface area contributed by atoms with Crippen LogP contribution in [0.1, 0.15) is 71.6 Å². The van der Waals surface area contributed by atoms with Crippen LogP contribution in [0.15, 0.2) is 11.6 Å². The van der Waals surface area contributed by atoms with Crippen molar-refractivity contribution in [2.45, 2.75) is 77.7 Å². The Labute approximate surface area is 185 Å². The number of likely N-dealkylation sites (tertiary alicyclic amines) is 1. The van der Waals surface area contributed by atoms with Crippen LogP contribution in [-0.4, -0.2) is 59.3 Å². The molecule has 1 aliphatic carbocycles. The molecule has 30 heavy (non-hydrogen) atoms. The Morgan fingerprint density at radius 3 is 2.53 bits per heavy atom. The molecule has 1 aliphatic heterocycles. The number of rotatable bonds is 8. The number of hydrogen-bond acceptors (Lipinski definition) is 5. The quantitative estimate of drug-likeness (QED) is 0.659. The minimum absolute atomic E-state index is 0.00523. The van der Waals surface area contributed by atoms with Crippen molar-refractivity contribution in [1.29, 1.82) is 0 Å². The van der Waals surface area contributed by atoms with Gasteiger partial charge in [-0.2, -0.15) is 0 Å². The van der Waals surface area contributed by atoms with Gasteiger partial charge in [0.15, 0.2) is 5.13 Å². The lowest BCUT2D eigenvalue weighted by molar-refractivity contribution is -0.139. The van der Waals surface area contributed by atoms with Gasteiger partial charge in [0.25, 0.3) is 0 Å². The Kier molecular flexibility index (Phi) is 8.28. The monoisotopic (exact) mass is 434 g/mol. The van der Waals surface area contributed by atoms with Gasteiger partial charge in [-0.25, -0.2) is 4.98 Å². The third-order valence-corrected chi connectivity index (χ3v) is 7.35. The lowest BCUT2D eigenvalue weighted by atomic mass is 9.69. The zero-order chi connectivity index (χ0) is 21.6. The third kappa shape index (κ3) is 6.51. The summed E-state index contributed by atoms with van der Waals surface area (Å²) in [5, 5.41) is 5.44. The van der Waals surface area contributed by atoms with Crippen LogP contribution in [0.3, 0.4) is 0 Å². The highest BCUT2D eigenvalue weighted by molar-refractivity contribution is 7.13. The van der Waals surface area contributed by atoms with Crippen molar-refractivity contribution in [1.82, 2.24) is 14.8 Å². The lowest BCUT2D eigenvalue weighted by Gasteiger charge is -2.42. The average Bonchev–Trinajstić information content (AvgIpc) is 3.20. The van der Waals surface area contributed by atoms with Crippen molar-refractivity contribution < 1.29 is 9.59 Å². The molecule has 1 aromatic rings. The van der Waals surface area contributed by atoms with Gasteiger partial charge in [-0.15, -0.1) is 11.3 Å². The molecule has 2 amide bonds. The Morgan fingerprint density at radius 1 is 1.23 bits per heavy atom. The van der Waals surface area contributed by atoms with Gasteiger partial charge in [0, 0.05) is 37.0 Å². The second kappa shape index (κ2) is 10.7. The van der Waals surface area contributed by atoms with Crippen molar-refractivity contribution in [2.24, 2.45) is 11.3 Å². The number of carbonyl (C=O) groups is 2. The Balaban J connectivity index is 1.69. The second-order valence-corrected chi connectivity index (χ2v) is 10.7. The van der Waals surface area contributed by atoms with Gasteiger partial charge in [0.2, 0.25) is 11.8 Å². The fourth-order valence-electron chi connectivity index (χ4n) is 5.08. The highest BCUT2D eigenvalue weighted by atomic mass is 32.1. The summed E-state index contributed by atoms with van der Waals surface area (Å²) in [5.74, 6) is 0.695. The molecule has 168 valence electrons. The second-order valence-electron chi connectivity index (χ2n) is 9.77. The summed E-state index contributed by atoms with van der Waals surface area (Å²) in [6.07, 6.45) is 10.1. The van der Waals surface area contributed by atoms with Gasteiger partial charge in [-0.05, 0) is 57.2 Å². The predicted molar refractivity (Wildman–Crippen MR) is 123 cm³/mol. The molecule has 0 bridgehead atoms. The molecule has 0 spiro atoms. The number of anilines is 1. The van der Waals surface area contributed by atoms with Gasteiger partial charge in [0.05, 0.1) is 0 Å². The first kappa shape index (κ1) is 23.2. The SMILES string of the molecule is CC(C)CN(C(=O)CC1(CC(=O)Nc2nccs2)CCCCC1)C1CCN(C)CC1. The Hall–Kier alpha value is -1.47. The molecule has 1 aromatic heterocycles. The van der Waals surface area contributed by atoms with Crippen molar-refractivity contribution in [3.8, 4) is 0 Å². The fraction of sp³-hybridized carbons (Fsp3) is 0.783. The molecule has 1 saturated carbocycles. The molecule has 6 nitrogen and oxygen atoms in total. The number of amides is 2. The summed E-state index contributed by atoms with van der Waals surface area (Å²) in [5.41, 5.74) is -0.211. The molecular formula is C23H38N4O2S. The van der Waals surface area contributed by atoms with Crippen molar-refractivity contribution in [3.05, 3.63) is 11.6 Å². The zero-order valence-electron chi connectivity index (χ0n) is 18.9. The van der Waals surface area contributed by atoms with Crippen molar-refractivity contribution in [3.63, 3.8) is 0 Å². The Morgan fingerprint density at radius 2 is 1.93 bits per heavy atom. The standard InChI is InChI=1S/C23H38N4O2S/c1-18(2)17-27(19-7-12-26(3)13-8-19)21(29)16-23(9-5-4-6-10-23)15-20(28)25-22-24-11-14-30-22/h11,14,18-19H,4-10,12-13,15-17H2,1-3H3,(H,24,25,28). The summed E-state index contributed by atoms with van der Waals surface area (Å²) in [4.78, 5) is 35.1. The summed E-state index contributed by atoms with van der Waals surface area (Å²) >= 11 is 1.43. The van der Waals surface area contributed by atoms with Crippen molar-refractivity contribution >= 4 is 28.3 Å². The molecule has 7 heteroatoms. The molecular weight excluding hydrogens is 396 g/mol. The van der Waals surface area contributed by atoms with E-state index in [1.165, 1.54) is 17.8 Å². The van der Waals surface area contributed by atoms with E-state index in [-0.39, 0.29) is 17.2 Å². The van der Waals surface area contributed by atoms with E-state index >= 15 is 0 Å². The van der Waals surface area contributed by atoms with Crippen LogP contribution in [0.4, 0.5) is 5.13 Å². The van der Waals surface area contributed by atoms with Crippen LogP contribution in [0, 0.1) is 11.3 Å². The minimum atomic E-state index is -0.211. The number of piperidine rings is 1. The van der Waals surface area contributed by atoms with E-state index in [1.807, 2.05) is 5.38 Å². The van der Waals surface area contributed by atoms with Crippen LogP contribution in [0.5, 0.6) is 0 Å². The van der Waals surface area contributed by atoms with E-state index in [0.29, 0.717) is 29.9 Å². The number of thiazole rings is 1. The number of hydrogen-bond donors (Lipinski definition) is 1. The minimum Gasteiger partial charge on any atom is -0.339 e. The molecule has 0 aromatic carbocycles. The number of nitrogens with zero attached hydrogens (tertiary/aromatic N) is 3. The molecule has 0 radical (unpaired) electrons. The average molecular weight is 435 g/mol. The van der Waals surface area contributed by atoms with Gasteiger partial charge < -0.3 is 15.1 Å². The third-order valence-electron chi connectivity index (χ3n) is 6.67. The van der Waals surface area contributed by atoms with Crippen LogP contribution in [0.25, 0.3) is 0 Å². The van der Waals surface area contributed by atoms with E-state index in [1.54, 1.807) is 6.20 Å². The first-order valence-corrected chi connectivity index (χ1v) is 12.4. The van der Waals surface area contributed by atoms with E-state index in [2.05, 4.69) is 41.0 Å². The van der Waals surface area contributed by atoms with E-state index in [4.69, 9.17) is 0 Å². The fourth-order valence-corrected chi connectivity index (χ4v) is 5.63. The van der Waals surface area contributed by atoms with E-state index in [0.717, 1.165) is 58.2 Å². The summed E-state index contributed by atoms with van der Waals surface area (Å²) < 4.78 is 0. The van der Waals surface area contributed by atoms with Crippen LogP contribution >= 0.6 is 11.3 Å². The largest absolute Gasteiger partial charge is 0.339 e. The highest BCUT2D eigenvalue weighted by Crippen LogP contribution is 2.43. The maximum Gasteiger partial charge on any atom is 0.226 e. The normalized spacial score (nSPS) is 20.3. The first-order valence-electron chi connectivity index (χ1n) is 11.5. The van der Waals surface area contributed by atoms with Crippen LogP contribution < -0.4 is 5.32 Å². The molecule has 2 heterocycles. The summed E-state index contributed by atoms with van der Waals surface area (Å²) in [6, 6.07) is 0.334. The van der Waals surface area contributed by atoms with E-state index < -0.39 is 0 Å². The number of nitrogens with one attached hydrogen (secondary N) is 1.